The maximum absolute atomic E-state index is 13.3. The first-order valence-electron chi connectivity index (χ1n) is 5.65. The maximum Gasteiger partial charge on any atom is 0.149 e. The van der Waals surface area contributed by atoms with Crippen LogP contribution in [0.5, 0.6) is 0 Å². The minimum Gasteiger partial charge on any atom is -0.382 e. The van der Waals surface area contributed by atoms with Gasteiger partial charge in [0.25, 0.3) is 0 Å². The van der Waals surface area contributed by atoms with Crippen LogP contribution in [0.1, 0.15) is 12.8 Å². The normalized spacial score (nSPS) is 20.8. The van der Waals surface area contributed by atoms with Crippen LogP contribution in [0.4, 0.5) is 14.5 Å². The molecule has 2 nitrogen and oxygen atoms in total. The standard InChI is InChI=1S/C12H16F2N2/c13-10-3-4-12(11(14)6-10)16-8-9-2-1-5-15-7-9/h3-4,6,9,15-16H,1-2,5,7-8H2. The van der Waals surface area contributed by atoms with Crippen LogP contribution in [-0.2, 0) is 0 Å². The smallest absolute Gasteiger partial charge is 0.149 e. The third-order valence-electron chi connectivity index (χ3n) is 2.91. The van der Waals surface area contributed by atoms with Crippen LogP contribution < -0.4 is 10.6 Å². The van der Waals surface area contributed by atoms with Gasteiger partial charge in [0.05, 0.1) is 5.69 Å². The summed E-state index contributed by atoms with van der Waals surface area (Å²) in [6.45, 7) is 2.77. The Hall–Kier alpha value is -1.16. The van der Waals surface area contributed by atoms with Crippen molar-refractivity contribution in [3.05, 3.63) is 29.8 Å². The van der Waals surface area contributed by atoms with Crippen molar-refractivity contribution in [2.24, 2.45) is 5.92 Å². The Kier molecular flexibility index (Phi) is 3.72. The molecule has 1 heterocycles. The first-order valence-corrected chi connectivity index (χ1v) is 5.65. The number of nitrogens with one attached hydrogen (secondary N) is 2. The van der Waals surface area contributed by atoms with Crippen molar-refractivity contribution in [1.82, 2.24) is 5.32 Å². The molecule has 1 aliphatic rings. The monoisotopic (exact) mass is 226 g/mol. The molecule has 0 aromatic heterocycles. The third kappa shape index (κ3) is 2.92. The molecule has 1 aromatic rings. The third-order valence-corrected chi connectivity index (χ3v) is 2.91. The van der Waals surface area contributed by atoms with Gasteiger partial charge in [0.15, 0.2) is 0 Å². The lowest BCUT2D eigenvalue weighted by molar-refractivity contribution is 0.392. The number of benzene rings is 1. The second-order valence-corrected chi connectivity index (χ2v) is 4.22. The van der Waals surface area contributed by atoms with Crippen LogP contribution in [0.2, 0.25) is 0 Å². The molecular formula is C12H16F2N2. The molecule has 0 saturated carbocycles. The zero-order chi connectivity index (χ0) is 11.4. The molecule has 16 heavy (non-hydrogen) atoms. The molecule has 1 fully saturated rings. The lowest BCUT2D eigenvalue weighted by atomic mass is 10.00. The zero-order valence-corrected chi connectivity index (χ0v) is 9.10. The predicted octanol–water partition coefficient (Wildman–Crippen LogP) is 2.38. The molecule has 2 rings (SSSR count). The predicted molar refractivity (Wildman–Crippen MR) is 60.4 cm³/mol. The van der Waals surface area contributed by atoms with Gasteiger partial charge in [-0.3, -0.25) is 0 Å². The largest absolute Gasteiger partial charge is 0.382 e. The molecule has 1 aromatic carbocycles. The number of hydrogen-bond donors (Lipinski definition) is 2. The van der Waals surface area contributed by atoms with E-state index in [9.17, 15) is 8.78 Å². The fraction of sp³-hybridized carbons (Fsp3) is 0.500. The van der Waals surface area contributed by atoms with Gasteiger partial charge in [0.1, 0.15) is 11.6 Å². The molecule has 4 heteroatoms. The Morgan fingerprint density at radius 1 is 1.38 bits per heavy atom. The molecule has 0 radical (unpaired) electrons. The van der Waals surface area contributed by atoms with Crippen molar-refractivity contribution in [3.8, 4) is 0 Å². The van der Waals surface area contributed by atoms with Crippen molar-refractivity contribution < 1.29 is 8.78 Å². The topological polar surface area (TPSA) is 24.1 Å². The van der Waals surface area contributed by atoms with Crippen molar-refractivity contribution >= 4 is 5.69 Å². The molecular weight excluding hydrogens is 210 g/mol. The lowest BCUT2D eigenvalue weighted by Gasteiger charge is -2.23. The average Bonchev–Trinajstić information content (AvgIpc) is 2.29. The highest BCUT2D eigenvalue weighted by Crippen LogP contribution is 2.17. The van der Waals surface area contributed by atoms with Gasteiger partial charge in [-0.15, -0.1) is 0 Å². The molecule has 0 aliphatic carbocycles. The molecule has 1 saturated heterocycles. The molecule has 88 valence electrons. The van der Waals surface area contributed by atoms with Gasteiger partial charge in [-0.25, -0.2) is 8.78 Å². The van der Waals surface area contributed by atoms with Crippen molar-refractivity contribution in [2.75, 3.05) is 25.0 Å². The summed E-state index contributed by atoms with van der Waals surface area (Å²) < 4.78 is 26.0. The molecule has 1 unspecified atom stereocenters. The Morgan fingerprint density at radius 3 is 2.94 bits per heavy atom. The van der Waals surface area contributed by atoms with E-state index in [2.05, 4.69) is 10.6 Å². The van der Waals surface area contributed by atoms with E-state index in [1.165, 1.54) is 12.1 Å². The van der Waals surface area contributed by atoms with Gasteiger partial charge in [0, 0.05) is 12.6 Å². The van der Waals surface area contributed by atoms with Gasteiger partial charge in [-0.1, -0.05) is 0 Å². The number of halogens is 2. The van der Waals surface area contributed by atoms with E-state index in [0.29, 0.717) is 11.6 Å². The fourth-order valence-corrected chi connectivity index (χ4v) is 1.99. The highest BCUT2D eigenvalue weighted by molar-refractivity contribution is 5.44. The second-order valence-electron chi connectivity index (χ2n) is 4.22. The molecule has 2 N–H and O–H groups in total. The molecule has 0 amide bonds. The van der Waals surface area contributed by atoms with Crippen LogP contribution in [0.3, 0.4) is 0 Å². The SMILES string of the molecule is Fc1ccc(NCC2CCCNC2)c(F)c1. The maximum atomic E-state index is 13.3. The molecule has 0 spiro atoms. The van der Waals surface area contributed by atoms with Gasteiger partial charge in [0.2, 0.25) is 0 Å². The summed E-state index contributed by atoms with van der Waals surface area (Å²) in [7, 11) is 0. The van der Waals surface area contributed by atoms with Gasteiger partial charge < -0.3 is 10.6 Å². The quantitative estimate of drug-likeness (QED) is 0.826. The van der Waals surface area contributed by atoms with Crippen LogP contribution in [0.15, 0.2) is 18.2 Å². The molecule has 0 bridgehead atoms. The summed E-state index contributed by atoms with van der Waals surface area (Å²) in [4.78, 5) is 0. The highest BCUT2D eigenvalue weighted by Gasteiger charge is 2.13. The summed E-state index contributed by atoms with van der Waals surface area (Å²) in [6, 6.07) is 3.62. The summed E-state index contributed by atoms with van der Waals surface area (Å²) in [6.07, 6.45) is 2.32. The van der Waals surface area contributed by atoms with Gasteiger partial charge in [-0.2, -0.15) is 0 Å². The lowest BCUT2D eigenvalue weighted by Crippen LogP contribution is -2.33. The van der Waals surface area contributed by atoms with E-state index in [0.717, 1.165) is 38.5 Å². The van der Waals surface area contributed by atoms with E-state index in [4.69, 9.17) is 0 Å². The van der Waals surface area contributed by atoms with E-state index in [-0.39, 0.29) is 0 Å². The summed E-state index contributed by atoms with van der Waals surface area (Å²) in [5, 5.41) is 6.33. The Morgan fingerprint density at radius 2 is 2.25 bits per heavy atom. The first kappa shape index (κ1) is 11.3. The summed E-state index contributed by atoms with van der Waals surface area (Å²) in [5.74, 6) is -0.538. The minimum atomic E-state index is -0.539. The Labute approximate surface area is 94.0 Å². The molecule has 1 aliphatic heterocycles. The number of hydrogen-bond acceptors (Lipinski definition) is 2. The minimum absolute atomic E-state index is 0.381. The fourth-order valence-electron chi connectivity index (χ4n) is 1.99. The van der Waals surface area contributed by atoms with E-state index in [1.54, 1.807) is 0 Å². The van der Waals surface area contributed by atoms with Crippen LogP contribution in [-0.4, -0.2) is 19.6 Å². The Balaban J connectivity index is 1.88. The number of rotatable bonds is 3. The van der Waals surface area contributed by atoms with E-state index in [1.807, 2.05) is 0 Å². The Bertz CT molecular complexity index is 349. The number of anilines is 1. The van der Waals surface area contributed by atoms with Crippen LogP contribution >= 0.6 is 0 Å². The number of piperidine rings is 1. The summed E-state index contributed by atoms with van der Waals surface area (Å²) in [5.41, 5.74) is 0.381. The van der Waals surface area contributed by atoms with Crippen molar-refractivity contribution in [2.45, 2.75) is 12.8 Å². The van der Waals surface area contributed by atoms with Crippen LogP contribution in [0.25, 0.3) is 0 Å². The van der Waals surface area contributed by atoms with Gasteiger partial charge >= 0.3 is 0 Å². The first-order chi connectivity index (χ1) is 7.75. The second kappa shape index (κ2) is 5.25. The van der Waals surface area contributed by atoms with Gasteiger partial charge in [-0.05, 0) is 44.0 Å². The average molecular weight is 226 g/mol. The highest BCUT2D eigenvalue weighted by atomic mass is 19.1. The zero-order valence-electron chi connectivity index (χ0n) is 9.10. The van der Waals surface area contributed by atoms with Crippen molar-refractivity contribution in [1.29, 1.82) is 0 Å². The summed E-state index contributed by atoms with van der Waals surface area (Å²) >= 11 is 0. The van der Waals surface area contributed by atoms with Crippen LogP contribution in [0, 0.1) is 17.6 Å². The molecule has 1 atom stereocenters. The van der Waals surface area contributed by atoms with Crippen molar-refractivity contribution in [3.63, 3.8) is 0 Å². The van der Waals surface area contributed by atoms with E-state index < -0.39 is 11.6 Å². The van der Waals surface area contributed by atoms with E-state index >= 15 is 0 Å².